The molecule has 0 amide bonds. The fourth-order valence-corrected chi connectivity index (χ4v) is 5.15. The quantitative estimate of drug-likeness (QED) is 0.512. The Bertz CT molecular complexity index is 677. The second-order valence-electron chi connectivity index (χ2n) is 5.63. The van der Waals surface area contributed by atoms with Crippen molar-refractivity contribution in [3.8, 4) is 0 Å². The van der Waals surface area contributed by atoms with Crippen LogP contribution in [0.1, 0.15) is 23.2 Å². The van der Waals surface area contributed by atoms with Crippen LogP contribution in [0.25, 0.3) is 0 Å². The number of carbonyl (C=O) groups excluding carboxylic acids is 1. The zero-order valence-electron chi connectivity index (χ0n) is 13.2. The molecule has 2 aromatic carbocycles. The van der Waals surface area contributed by atoms with Crippen molar-refractivity contribution >= 4 is 41.3 Å². The van der Waals surface area contributed by atoms with E-state index in [1.165, 1.54) is 4.46 Å². The summed E-state index contributed by atoms with van der Waals surface area (Å²) in [4.78, 5) is 12.4. The molecule has 0 bridgehead atoms. The van der Waals surface area contributed by atoms with Crippen LogP contribution in [0.3, 0.4) is 0 Å². The first kappa shape index (κ1) is 17.7. The fraction of sp³-hybridized carbons (Fsp3) is 0.316. The van der Waals surface area contributed by atoms with Gasteiger partial charge in [0.2, 0.25) is 0 Å². The van der Waals surface area contributed by atoms with Crippen LogP contribution in [0.2, 0.25) is 5.32 Å². The number of hydrogen-bond acceptors (Lipinski definition) is 3. The molecule has 0 saturated carbocycles. The molecule has 0 N–H and O–H groups in total. The first-order valence-electron chi connectivity index (χ1n) is 7.98. The topological polar surface area (TPSA) is 35.5 Å². The van der Waals surface area contributed by atoms with Crippen molar-refractivity contribution < 1.29 is 14.3 Å². The number of hydrogen-bond donors (Lipinski definition) is 0. The number of esters is 1. The molecule has 24 heavy (non-hydrogen) atoms. The van der Waals surface area contributed by atoms with E-state index in [4.69, 9.17) is 9.47 Å². The molecular formula is C19H19BrO3Se. The van der Waals surface area contributed by atoms with Gasteiger partial charge in [0, 0.05) is 0 Å². The first-order valence-corrected chi connectivity index (χ1v) is 10.8. The van der Waals surface area contributed by atoms with Gasteiger partial charge in [0.05, 0.1) is 0 Å². The maximum absolute atomic E-state index is 12.4. The summed E-state index contributed by atoms with van der Waals surface area (Å²) in [5, 5.41) is 0.924. The second kappa shape index (κ2) is 8.82. The SMILES string of the molecule is O=C(O[C@@H]1CCCO[C@H]1C[Se]c1ccccc1)c1cccc(Br)c1. The molecule has 126 valence electrons. The minimum absolute atomic E-state index is 0.00457. The minimum atomic E-state index is -0.274. The van der Waals surface area contributed by atoms with Gasteiger partial charge in [-0.15, -0.1) is 0 Å². The van der Waals surface area contributed by atoms with Gasteiger partial charge < -0.3 is 0 Å². The summed E-state index contributed by atoms with van der Waals surface area (Å²) in [6, 6.07) is 17.7. The van der Waals surface area contributed by atoms with Crippen molar-refractivity contribution in [2.24, 2.45) is 0 Å². The van der Waals surface area contributed by atoms with E-state index in [1.54, 1.807) is 12.1 Å². The van der Waals surface area contributed by atoms with Gasteiger partial charge in [-0.05, 0) is 0 Å². The Morgan fingerprint density at radius 2 is 2.04 bits per heavy atom. The normalized spacial score (nSPS) is 20.5. The van der Waals surface area contributed by atoms with Crippen LogP contribution in [0, 0.1) is 0 Å². The molecule has 1 fully saturated rings. The van der Waals surface area contributed by atoms with Crippen molar-refractivity contribution in [2.45, 2.75) is 30.4 Å². The molecular weight excluding hydrogens is 435 g/mol. The van der Waals surface area contributed by atoms with E-state index < -0.39 is 0 Å². The standard InChI is InChI=1S/C19H19BrO3Se/c20-15-7-4-6-14(12-15)19(21)23-17-10-5-11-22-18(17)13-24-16-8-2-1-3-9-16/h1-4,6-9,12,17-18H,5,10-11,13H2/t17-,18+/m1/s1. The third-order valence-corrected chi connectivity index (χ3v) is 6.66. The van der Waals surface area contributed by atoms with Crippen LogP contribution in [0.4, 0.5) is 0 Å². The van der Waals surface area contributed by atoms with Gasteiger partial charge in [0.15, 0.2) is 0 Å². The van der Waals surface area contributed by atoms with Crippen molar-refractivity contribution in [2.75, 3.05) is 6.61 Å². The van der Waals surface area contributed by atoms with Crippen LogP contribution in [-0.2, 0) is 9.47 Å². The number of ether oxygens (including phenoxy) is 2. The summed E-state index contributed by atoms with van der Waals surface area (Å²) in [7, 11) is 0. The van der Waals surface area contributed by atoms with Gasteiger partial charge in [-0.1, -0.05) is 0 Å². The molecule has 2 aromatic rings. The Kier molecular flexibility index (Phi) is 6.50. The van der Waals surface area contributed by atoms with Crippen LogP contribution < -0.4 is 4.46 Å². The summed E-state index contributed by atoms with van der Waals surface area (Å²) in [6.07, 6.45) is 1.64. The van der Waals surface area contributed by atoms with Gasteiger partial charge in [-0.25, -0.2) is 0 Å². The molecule has 3 nitrogen and oxygen atoms in total. The van der Waals surface area contributed by atoms with Crippen molar-refractivity contribution in [1.29, 1.82) is 0 Å². The van der Waals surface area contributed by atoms with Gasteiger partial charge in [-0.3, -0.25) is 0 Å². The van der Waals surface area contributed by atoms with E-state index in [0.29, 0.717) is 20.5 Å². The average Bonchev–Trinajstić information content (AvgIpc) is 2.62. The van der Waals surface area contributed by atoms with E-state index in [1.807, 2.05) is 18.2 Å². The predicted octanol–water partition coefficient (Wildman–Crippen LogP) is 3.60. The molecule has 1 aliphatic rings. The molecule has 5 heteroatoms. The summed E-state index contributed by atoms with van der Waals surface area (Å²) in [5.41, 5.74) is 0.572. The molecule has 0 radical (unpaired) electrons. The molecule has 0 aliphatic carbocycles. The zero-order chi connectivity index (χ0) is 16.8. The predicted molar refractivity (Wildman–Crippen MR) is 99.0 cm³/mol. The van der Waals surface area contributed by atoms with E-state index in [2.05, 4.69) is 40.2 Å². The van der Waals surface area contributed by atoms with E-state index in [0.717, 1.165) is 29.2 Å². The molecule has 3 rings (SSSR count). The Morgan fingerprint density at radius 3 is 2.83 bits per heavy atom. The summed E-state index contributed by atoms with van der Waals surface area (Å²) < 4.78 is 13.9. The Balaban J connectivity index is 1.60. The molecule has 0 aromatic heterocycles. The van der Waals surface area contributed by atoms with Gasteiger partial charge in [0.25, 0.3) is 0 Å². The summed E-state index contributed by atoms with van der Waals surface area (Å²) >= 11 is 3.71. The van der Waals surface area contributed by atoms with Gasteiger partial charge in [0.1, 0.15) is 0 Å². The molecule has 0 spiro atoms. The third-order valence-electron chi connectivity index (χ3n) is 3.86. The van der Waals surface area contributed by atoms with E-state index >= 15 is 0 Å². The molecule has 1 saturated heterocycles. The Morgan fingerprint density at radius 1 is 1.21 bits per heavy atom. The van der Waals surface area contributed by atoms with E-state index in [9.17, 15) is 4.79 Å². The zero-order valence-corrected chi connectivity index (χ0v) is 16.5. The van der Waals surface area contributed by atoms with Crippen molar-refractivity contribution in [1.82, 2.24) is 0 Å². The van der Waals surface area contributed by atoms with E-state index in [-0.39, 0.29) is 18.2 Å². The first-order chi connectivity index (χ1) is 11.7. The fourth-order valence-electron chi connectivity index (χ4n) is 2.62. The van der Waals surface area contributed by atoms with Gasteiger partial charge in [-0.2, -0.15) is 0 Å². The number of rotatable bonds is 5. The summed E-state index contributed by atoms with van der Waals surface area (Å²) in [5.74, 6) is -0.274. The summed E-state index contributed by atoms with van der Waals surface area (Å²) in [6.45, 7) is 0.750. The van der Waals surface area contributed by atoms with Crippen molar-refractivity contribution in [3.63, 3.8) is 0 Å². The van der Waals surface area contributed by atoms with Crippen LogP contribution in [0.5, 0.6) is 0 Å². The third kappa shape index (κ3) is 4.93. The number of halogens is 1. The number of benzene rings is 2. The second-order valence-corrected chi connectivity index (χ2v) is 8.84. The molecule has 1 heterocycles. The maximum atomic E-state index is 12.4. The monoisotopic (exact) mass is 454 g/mol. The van der Waals surface area contributed by atoms with Crippen LogP contribution in [0.15, 0.2) is 59.1 Å². The van der Waals surface area contributed by atoms with Crippen molar-refractivity contribution in [3.05, 3.63) is 64.6 Å². The molecule has 0 unspecified atom stereocenters. The Hall–Kier alpha value is -1.13. The Labute approximate surface area is 157 Å². The average molecular weight is 454 g/mol. The number of carbonyl (C=O) groups is 1. The molecule has 1 aliphatic heterocycles. The van der Waals surface area contributed by atoms with Crippen LogP contribution >= 0.6 is 15.9 Å². The van der Waals surface area contributed by atoms with Gasteiger partial charge >= 0.3 is 157 Å². The van der Waals surface area contributed by atoms with Crippen LogP contribution in [-0.4, -0.2) is 39.7 Å². The molecule has 2 atom stereocenters.